The summed E-state index contributed by atoms with van der Waals surface area (Å²) in [5.41, 5.74) is 5.88. The number of alkyl halides is 3. The number of rotatable bonds is 5. The Morgan fingerprint density at radius 3 is 2.50 bits per heavy atom. The zero-order chi connectivity index (χ0) is 13.8. The van der Waals surface area contributed by atoms with Gasteiger partial charge in [0, 0.05) is 16.7 Å². The Kier molecular flexibility index (Phi) is 5.10. The normalized spacial score (nSPS) is 11.4. The van der Waals surface area contributed by atoms with Gasteiger partial charge >= 0.3 is 6.18 Å². The molecule has 0 saturated heterocycles. The summed E-state index contributed by atoms with van der Waals surface area (Å²) in [5.74, 6) is 0.194. The van der Waals surface area contributed by atoms with Crippen LogP contribution in [0, 0.1) is 0 Å². The third-order valence-corrected chi connectivity index (χ3v) is 2.33. The highest BCUT2D eigenvalue weighted by molar-refractivity contribution is 6.30. The Bertz CT molecular complexity index is 410. The molecule has 1 aromatic rings. The molecule has 2 N–H and O–H groups in total. The molecule has 0 heterocycles. The smallest absolute Gasteiger partial charge is 0.422 e. The summed E-state index contributed by atoms with van der Waals surface area (Å²) in [7, 11) is 1.33. The van der Waals surface area contributed by atoms with E-state index in [0.717, 1.165) is 0 Å². The fraction of sp³-hybridized carbons (Fsp3) is 0.455. The highest BCUT2D eigenvalue weighted by atomic mass is 35.5. The van der Waals surface area contributed by atoms with E-state index in [0.29, 0.717) is 17.0 Å². The van der Waals surface area contributed by atoms with Gasteiger partial charge in [-0.2, -0.15) is 13.2 Å². The molecule has 0 saturated carbocycles. The van der Waals surface area contributed by atoms with Gasteiger partial charge in [-0.3, -0.25) is 0 Å². The molecule has 0 amide bonds. The molecule has 0 atom stereocenters. The zero-order valence-electron chi connectivity index (χ0n) is 9.68. The maximum atomic E-state index is 12.2. The second-order valence-corrected chi connectivity index (χ2v) is 3.98. The van der Waals surface area contributed by atoms with E-state index in [-0.39, 0.29) is 18.0 Å². The summed E-state index contributed by atoms with van der Waals surface area (Å²) < 4.78 is 46.2. The van der Waals surface area contributed by atoms with Crippen LogP contribution in [0.15, 0.2) is 12.1 Å². The Labute approximate surface area is 108 Å². The molecule has 1 rings (SSSR count). The van der Waals surface area contributed by atoms with Gasteiger partial charge in [0.05, 0.1) is 7.11 Å². The van der Waals surface area contributed by atoms with Crippen LogP contribution in [-0.2, 0) is 6.42 Å². The molecule has 0 aliphatic heterocycles. The van der Waals surface area contributed by atoms with Crippen molar-refractivity contribution in [3.8, 4) is 11.5 Å². The van der Waals surface area contributed by atoms with Crippen molar-refractivity contribution >= 4 is 11.6 Å². The second kappa shape index (κ2) is 6.15. The number of hydrogen-bond acceptors (Lipinski definition) is 3. The lowest BCUT2D eigenvalue weighted by Crippen LogP contribution is -2.20. The van der Waals surface area contributed by atoms with E-state index in [9.17, 15) is 13.2 Å². The highest BCUT2D eigenvalue weighted by Gasteiger charge is 2.29. The number of benzene rings is 1. The van der Waals surface area contributed by atoms with Gasteiger partial charge in [0.15, 0.2) is 18.1 Å². The Balaban J connectivity index is 3.04. The van der Waals surface area contributed by atoms with E-state index in [2.05, 4.69) is 0 Å². The minimum absolute atomic E-state index is 0.0321. The fourth-order valence-electron chi connectivity index (χ4n) is 1.43. The molecule has 102 valence electrons. The van der Waals surface area contributed by atoms with Gasteiger partial charge < -0.3 is 15.2 Å². The van der Waals surface area contributed by atoms with E-state index < -0.39 is 12.8 Å². The molecule has 0 bridgehead atoms. The third-order valence-electron chi connectivity index (χ3n) is 2.11. The molecule has 0 unspecified atom stereocenters. The monoisotopic (exact) mass is 283 g/mol. The molecule has 0 aliphatic carbocycles. The van der Waals surface area contributed by atoms with Crippen LogP contribution in [-0.4, -0.2) is 26.4 Å². The lowest BCUT2D eigenvalue weighted by atomic mass is 10.1. The van der Waals surface area contributed by atoms with Crippen molar-refractivity contribution in [2.45, 2.75) is 12.6 Å². The third kappa shape index (κ3) is 4.27. The van der Waals surface area contributed by atoms with Crippen LogP contribution >= 0.6 is 11.6 Å². The predicted molar refractivity (Wildman–Crippen MR) is 62.3 cm³/mol. The second-order valence-electron chi connectivity index (χ2n) is 3.54. The lowest BCUT2D eigenvalue weighted by molar-refractivity contribution is -0.153. The summed E-state index contributed by atoms with van der Waals surface area (Å²) in [6.45, 7) is -1.12. The van der Waals surface area contributed by atoms with Gasteiger partial charge in [-0.05, 0) is 19.0 Å². The van der Waals surface area contributed by atoms with E-state index in [1.807, 2.05) is 0 Å². The van der Waals surface area contributed by atoms with Crippen LogP contribution in [0.3, 0.4) is 0 Å². The van der Waals surface area contributed by atoms with Gasteiger partial charge in [-0.15, -0.1) is 0 Å². The van der Waals surface area contributed by atoms with Crippen molar-refractivity contribution in [2.75, 3.05) is 20.3 Å². The van der Waals surface area contributed by atoms with Gasteiger partial charge in [0.2, 0.25) is 0 Å². The molecule has 0 aromatic heterocycles. The van der Waals surface area contributed by atoms with E-state index in [4.69, 9.17) is 26.8 Å². The van der Waals surface area contributed by atoms with Crippen molar-refractivity contribution in [2.24, 2.45) is 5.73 Å². The van der Waals surface area contributed by atoms with Crippen molar-refractivity contribution < 1.29 is 22.6 Å². The SMILES string of the molecule is COc1cc(Cl)cc(CCN)c1OCC(F)(F)F. The number of halogens is 4. The Morgan fingerprint density at radius 2 is 2.00 bits per heavy atom. The molecule has 7 heteroatoms. The summed E-state index contributed by atoms with van der Waals surface area (Å²) >= 11 is 5.83. The molecule has 3 nitrogen and oxygen atoms in total. The summed E-state index contributed by atoms with van der Waals surface area (Å²) in [6, 6.07) is 2.91. The molecular weight excluding hydrogens is 271 g/mol. The van der Waals surface area contributed by atoms with Crippen LogP contribution in [0.2, 0.25) is 5.02 Å². The van der Waals surface area contributed by atoms with Crippen molar-refractivity contribution in [3.63, 3.8) is 0 Å². The quantitative estimate of drug-likeness (QED) is 0.904. The molecule has 18 heavy (non-hydrogen) atoms. The minimum Gasteiger partial charge on any atom is -0.493 e. The average molecular weight is 284 g/mol. The molecule has 0 spiro atoms. The average Bonchev–Trinajstić information content (AvgIpc) is 2.26. The maximum absolute atomic E-state index is 12.2. The number of methoxy groups -OCH3 is 1. The van der Waals surface area contributed by atoms with Crippen molar-refractivity contribution in [1.82, 2.24) is 0 Å². The van der Waals surface area contributed by atoms with Gasteiger partial charge in [-0.25, -0.2) is 0 Å². The van der Waals surface area contributed by atoms with Gasteiger partial charge in [0.1, 0.15) is 0 Å². The van der Waals surface area contributed by atoms with Crippen LogP contribution < -0.4 is 15.2 Å². The first-order valence-electron chi connectivity index (χ1n) is 5.13. The van der Waals surface area contributed by atoms with Gasteiger partial charge in [0.25, 0.3) is 0 Å². The van der Waals surface area contributed by atoms with Crippen molar-refractivity contribution in [1.29, 1.82) is 0 Å². The Morgan fingerprint density at radius 1 is 1.33 bits per heavy atom. The number of nitrogens with two attached hydrogens (primary N) is 1. The Hall–Kier alpha value is -1.14. The molecule has 0 fully saturated rings. The molecular formula is C11H13ClF3NO2. The molecule has 0 aliphatic rings. The number of hydrogen-bond donors (Lipinski definition) is 1. The first-order valence-corrected chi connectivity index (χ1v) is 5.51. The molecule has 0 radical (unpaired) electrons. The summed E-state index contributed by atoms with van der Waals surface area (Å²) in [5, 5.41) is 0.356. The maximum Gasteiger partial charge on any atom is 0.422 e. The van der Waals surface area contributed by atoms with Crippen LogP contribution in [0.25, 0.3) is 0 Å². The zero-order valence-corrected chi connectivity index (χ0v) is 10.4. The predicted octanol–water partition coefficient (Wildman–Crippen LogP) is 2.79. The van der Waals surface area contributed by atoms with Crippen molar-refractivity contribution in [3.05, 3.63) is 22.7 Å². The first-order chi connectivity index (χ1) is 8.37. The molecule has 1 aromatic carbocycles. The first kappa shape index (κ1) is 14.9. The standard InChI is InChI=1S/C11H13ClF3NO2/c1-17-9-5-8(12)4-7(2-3-16)10(9)18-6-11(13,14)15/h4-5H,2-3,6,16H2,1H3. The lowest BCUT2D eigenvalue weighted by Gasteiger charge is -2.16. The summed E-state index contributed by atoms with van der Waals surface area (Å²) in [4.78, 5) is 0. The highest BCUT2D eigenvalue weighted by Crippen LogP contribution is 2.35. The van der Waals surface area contributed by atoms with E-state index in [1.54, 1.807) is 0 Å². The summed E-state index contributed by atoms with van der Waals surface area (Å²) in [6.07, 6.45) is -4.06. The van der Waals surface area contributed by atoms with E-state index in [1.165, 1.54) is 19.2 Å². The largest absolute Gasteiger partial charge is 0.493 e. The fourth-order valence-corrected chi connectivity index (χ4v) is 1.66. The topological polar surface area (TPSA) is 44.5 Å². The minimum atomic E-state index is -4.41. The van der Waals surface area contributed by atoms with Crippen LogP contribution in [0.5, 0.6) is 11.5 Å². The van der Waals surface area contributed by atoms with E-state index >= 15 is 0 Å². The van der Waals surface area contributed by atoms with Gasteiger partial charge in [-0.1, -0.05) is 11.6 Å². The van der Waals surface area contributed by atoms with Crippen LogP contribution in [0.4, 0.5) is 13.2 Å². The number of ether oxygens (including phenoxy) is 2. The van der Waals surface area contributed by atoms with Crippen LogP contribution in [0.1, 0.15) is 5.56 Å².